The molecule has 0 heterocycles. The Bertz CT molecular complexity index is 756. The Balaban J connectivity index is 2.73. The van der Waals surface area contributed by atoms with Gasteiger partial charge in [-0.05, 0) is 18.1 Å². The molecule has 0 saturated heterocycles. The van der Waals surface area contributed by atoms with Crippen LogP contribution in [0.1, 0.15) is 22.6 Å². The number of aryl methyl sites for hydroxylation is 1. The molecule has 2 rings (SSSR count). The molecule has 0 aliphatic heterocycles. The Kier molecular flexibility index (Phi) is 5.88. The molecule has 2 N–H and O–H groups in total. The lowest BCUT2D eigenvalue weighted by Crippen LogP contribution is -2.30. The predicted molar refractivity (Wildman–Crippen MR) is 92.3 cm³/mol. The number of benzene rings is 2. The van der Waals surface area contributed by atoms with Gasteiger partial charge in [0.1, 0.15) is 17.2 Å². The molecule has 0 aliphatic rings. The van der Waals surface area contributed by atoms with Crippen LogP contribution in [0.5, 0.6) is 17.2 Å². The number of aliphatic hydroxyl groups excluding tert-OH is 1. The lowest BCUT2D eigenvalue weighted by Gasteiger charge is -2.26. The van der Waals surface area contributed by atoms with E-state index in [1.165, 1.54) is 27.4 Å². The van der Waals surface area contributed by atoms with E-state index >= 15 is 0 Å². The molecule has 134 valence electrons. The summed E-state index contributed by atoms with van der Waals surface area (Å²) in [5, 5.41) is 21.1. The van der Waals surface area contributed by atoms with E-state index in [9.17, 15) is 15.0 Å². The second-order valence-corrected chi connectivity index (χ2v) is 5.56. The van der Waals surface area contributed by atoms with Gasteiger partial charge in [-0.25, -0.2) is 4.79 Å². The van der Waals surface area contributed by atoms with Crippen molar-refractivity contribution < 1.29 is 29.2 Å². The molecule has 0 aliphatic carbocycles. The highest BCUT2D eigenvalue weighted by Crippen LogP contribution is 2.43. The molecule has 2 aromatic rings. The summed E-state index contributed by atoms with van der Waals surface area (Å²) >= 11 is 0. The summed E-state index contributed by atoms with van der Waals surface area (Å²) in [7, 11) is 4.11. The minimum atomic E-state index is -1.51. The number of phenols is 1. The molecule has 0 aromatic heterocycles. The van der Waals surface area contributed by atoms with E-state index in [0.29, 0.717) is 17.1 Å². The highest BCUT2D eigenvalue weighted by molar-refractivity contribution is 5.77. The molecule has 0 amide bonds. The van der Waals surface area contributed by atoms with Crippen molar-refractivity contribution in [2.45, 2.75) is 18.9 Å². The highest BCUT2D eigenvalue weighted by Gasteiger charge is 2.35. The van der Waals surface area contributed by atoms with Crippen molar-refractivity contribution in [3.63, 3.8) is 0 Å². The number of carbonyl (C=O) groups is 1. The maximum absolute atomic E-state index is 12.0. The van der Waals surface area contributed by atoms with Crippen LogP contribution in [0.25, 0.3) is 0 Å². The first-order valence-electron chi connectivity index (χ1n) is 7.70. The van der Waals surface area contributed by atoms with Crippen LogP contribution in [-0.4, -0.2) is 43.6 Å². The smallest absolute Gasteiger partial charge is 0.335 e. The molecule has 2 atom stereocenters. The number of hydrogen-bond acceptors (Lipinski definition) is 6. The summed E-state index contributed by atoms with van der Waals surface area (Å²) in [5.41, 5.74) is 1.82. The Morgan fingerprint density at radius 2 is 1.76 bits per heavy atom. The van der Waals surface area contributed by atoms with Gasteiger partial charge in [-0.3, -0.25) is 0 Å². The van der Waals surface area contributed by atoms with Crippen LogP contribution in [0.4, 0.5) is 0 Å². The predicted octanol–water partition coefficient (Wildman–Crippen LogP) is 2.38. The van der Waals surface area contributed by atoms with E-state index in [2.05, 4.69) is 0 Å². The molecule has 6 nitrogen and oxygen atoms in total. The van der Waals surface area contributed by atoms with Crippen LogP contribution in [-0.2, 0) is 9.53 Å². The lowest BCUT2D eigenvalue weighted by molar-refractivity contribution is -0.151. The highest BCUT2D eigenvalue weighted by atomic mass is 16.5. The van der Waals surface area contributed by atoms with E-state index in [-0.39, 0.29) is 11.3 Å². The Hall–Kier alpha value is -2.73. The Morgan fingerprint density at radius 3 is 2.32 bits per heavy atom. The van der Waals surface area contributed by atoms with Gasteiger partial charge in [0.25, 0.3) is 0 Å². The van der Waals surface area contributed by atoms with Gasteiger partial charge >= 0.3 is 5.97 Å². The second-order valence-electron chi connectivity index (χ2n) is 5.56. The minimum absolute atomic E-state index is 0.146. The fraction of sp³-hybridized carbons (Fsp3) is 0.316. The zero-order chi connectivity index (χ0) is 18.6. The van der Waals surface area contributed by atoms with Crippen molar-refractivity contribution >= 4 is 5.97 Å². The van der Waals surface area contributed by atoms with E-state index in [0.717, 1.165) is 5.56 Å². The molecule has 0 spiro atoms. The Labute approximate surface area is 146 Å². The van der Waals surface area contributed by atoms with Crippen molar-refractivity contribution in [3.05, 3.63) is 53.1 Å². The first-order valence-corrected chi connectivity index (χ1v) is 7.70. The summed E-state index contributed by atoms with van der Waals surface area (Å²) in [5.74, 6) is -1.12. The zero-order valence-electron chi connectivity index (χ0n) is 14.6. The van der Waals surface area contributed by atoms with Gasteiger partial charge in [0.2, 0.25) is 0 Å². The normalized spacial score (nSPS) is 13.0. The van der Waals surface area contributed by atoms with Gasteiger partial charge in [-0.2, -0.15) is 0 Å². The number of ether oxygens (including phenoxy) is 3. The summed E-state index contributed by atoms with van der Waals surface area (Å²) < 4.78 is 15.2. The topological polar surface area (TPSA) is 85.2 Å². The quantitative estimate of drug-likeness (QED) is 0.781. The van der Waals surface area contributed by atoms with Crippen LogP contribution in [0, 0.1) is 6.92 Å². The number of methoxy groups -OCH3 is 3. The van der Waals surface area contributed by atoms with Crippen molar-refractivity contribution in [3.8, 4) is 17.2 Å². The van der Waals surface area contributed by atoms with Gasteiger partial charge in [0.15, 0.2) is 6.10 Å². The standard InChI is InChI=1S/C19H22O6/c1-11-7-5-6-8-13(11)16(18(21)19(22)25-4)17-14(20)9-12(23-2)10-15(17)24-3/h5-10,16,18,20-21H,1-4H3/t16-,18-/m1/s1. The van der Waals surface area contributed by atoms with Crippen LogP contribution in [0.2, 0.25) is 0 Å². The van der Waals surface area contributed by atoms with E-state index in [1.807, 2.05) is 19.1 Å². The van der Waals surface area contributed by atoms with Gasteiger partial charge in [0, 0.05) is 17.7 Å². The fourth-order valence-electron chi connectivity index (χ4n) is 2.86. The molecule has 6 heteroatoms. The maximum Gasteiger partial charge on any atom is 0.335 e. The zero-order valence-corrected chi connectivity index (χ0v) is 14.6. The second kappa shape index (κ2) is 7.90. The summed E-state index contributed by atoms with van der Waals surface area (Å²) in [6, 6.07) is 10.3. The number of aliphatic hydroxyl groups is 1. The summed E-state index contributed by atoms with van der Waals surface area (Å²) in [4.78, 5) is 12.0. The maximum atomic E-state index is 12.0. The molecule has 25 heavy (non-hydrogen) atoms. The number of aromatic hydroxyl groups is 1. The molecule has 0 unspecified atom stereocenters. The van der Waals surface area contributed by atoms with E-state index in [1.54, 1.807) is 18.2 Å². The number of phenolic OH excluding ortho intramolecular Hbond substituents is 1. The van der Waals surface area contributed by atoms with Crippen molar-refractivity contribution in [2.75, 3.05) is 21.3 Å². The minimum Gasteiger partial charge on any atom is -0.507 e. The van der Waals surface area contributed by atoms with Crippen molar-refractivity contribution in [2.24, 2.45) is 0 Å². The van der Waals surface area contributed by atoms with Crippen LogP contribution in [0.3, 0.4) is 0 Å². The Morgan fingerprint density at radius 1 is 1.08 bits per heavy atom. The van der Waals surface area contributed by atoms with E-state index in [4.69, 9.17) is 14.2 Å². The van der Waals surface area contributed by atoms with Crippen LogP contribution < -0.4 is 9.47 Å². The van der Waals surface area contributed by atoms with Gasteiger partial charge < -0.3 is 24.4 Å². The van der Waals surface area contributed by atoms with Gasteiger partial charge in [-0.1, -0.05) is 24.3 Å². The first-order chi connectivity index (χ1) is 11.9. The van der Waals surface area contributed by atoms with Crippen LogP contribution in [0.15, 0.2) is 36.4 Å². The molecule has 0 saturated carbocycles. The van der Waals surface area contributed by atoms with E-state index < -0.39 is 18.0 Å². The molecule has 0 radical (unpaired) electrons. The van der Waals surface area contributed by atoms with Crippen molar-refractivity contribution in [1.29, 1.82) is 0 Å². The number of rotatable bonds is 6. The molecule has 0 bridgehead atoms. The third-order valence-corrected chi connectivity index (χ3v) is 4.14. The number of hydrogen-bond donors (Lipinski definition) is 2. The molecule has 2 aromatic carbocycles. The third-order valence-electron chi connectivity index (χ3n) is 4.14. The third kappa shape index (κ3) is 3.69. The number of carbonyl (C=O) groups excluding carboxylic acids is 1. The van der Waals surface area contributed by atoms with Crippen LogP contribution >= 0.6 is 0 Å². The number of esters is 1. The summed E-state index contributed by atoms with van der Waals surface area (Å²) in [6.07, 6.45) is -1.51. The first kappa shape index (κ1) is 18.6. The fourth-order valence-corrected chi connectivity index (χ4v) is 2.86. The average molecular weight is 346 g/mol. The van der Waals surface area contributed by atoms with Gasteiger partial charge in [-0.15, -0.1) is 0 Å². The van der Waals surface area contributed by atoms with Crippen molar-refractivity contribution in [1.82, 2.24) is 0 Å². The largest absolute Gasteiger partial charge is 0.507 e. The molecular formula is C19H22O6. The lowest BCUT2D eigenvalue weighted by atomic mass is 9.83. The average Bonchev–Trinajstić information content (AvgIpc) is 2.63. The molecular weight excluding hydrogens is 324 g/mol. The van der Waals surface area contributed by atoms with Gasteiger partial charge in [0.05, 0.1) is 27.2 Å². The summed E-state index contributed by atoms with van der Waals surface area (Å²) in [6.45, 7) is 1.86. The monoisotopic (exact) mass is 346 g/mol. The SMILES string of the molecule is COC(=O)[C@H](O)[C@H](c1ccccc1C)c1c(O)cc(OC)cc1OC. The molecule has 0 fully saturated rings.